The standard InChI is InChI=1S/C11H18ClNO2S/c1-10(2)13-7-5-11(6-8-13)4-3-9-16(12,14)15/h10-11H,4-8H2,1-2H3. The Bertz CT molecular complexity index is 373. The summed E-state index contributed by atoms with van der Waals surface area (Å²) in [7, 11) is 1.36. The number of halogens is 1. The molecular weight excluding hydrogens is 246 g/mol. The predicted octanol–water partition coefficient (Wildman–Crippen LogP) is 2.03. The molecule has 0 spiro atoms. The number of rotatable bonds is 2. The monoisotopic (exact) mass is 263 g/mol. The van der Waals surface area contributed by atoms with E-state index < -0.39 is 9.05 Å². The first-order chi connectivity index (χ1) is 7.38. The second-order valence-electron chi connectivity index (χ2n) is 4.49. The van der Waals surface area contributed by atoms with Gasteiger partial charge in [0.25, 0.3) is 0 Å². The van der Waals surface area contributed by atoms with E-state index in [0.29, 0.717) is 18.4 Å². The second kappa shape index (κ2) is 5.90. The summed E-state index contributed by atoms with van der Waals surface area (Å²) < 4.78 is 21.2. The number of nitrogens with zero attached hydrogens (tertiary/aromatic N) is 1. The zero-order chi connectivity index (χ0) is 12.2. The van der Waals surface area contributed by atoms with Crippen molar-refractivity contribution in [2.75, 3.05) is 13.1 Å². The molecule has 1 saturated heterocycles. The van der Waals surface area contributed by atoms with Gasteiger partial charge in [0, 0.05) is 28.4 Å². The lowest BCUT2D eigenvalue weighted by Crippen LogP contribution is -2.38. The van der Waals surface area contributed by atoms with Crippen LogP contribution in [0.1, 0.15) is 33.1 Å². The minimum Gasteiger partial charge on any atom is -0.301 e. The van der Waals surface area contributed by atoms with Crippen molar-refractivity contribution in [3.63, 3.8) is 0 Å². The van der Waals surface area contributed by atoms with Crippen LogP contribution in [0, 0.1) is 17.1 Å². The maximum atomic E-state index is 10.6. The van der Waals surface area contributed by atoms with Crippen molar-refractivity contribution in [3.05, 3.63) is 0 Å². The molecular formula is C11H18ClNO2S. The van der Waals surface area contributed by atoms with Gasteiger partial charge in [-0.15, -0.1) is 0 Å². The summed E-state index contributed by atoms with van der Waals surface area (Å²) in [5.74, 6) is 3.17. The average molecular weight is 264 g/mol. The molecule has 3 nitrogen and oxygen atoms in total. The van der Waals surface area contributed by atoms with Gasteiger partial charge >= 0.3 is 9.05 Å². The van der Waals surface area contributed by atoms with E-state index in [0.717, 1.165) is 25.9 Å². The van der Waals surface area contributed by atoms with Crippen LogP contribution in [0.4, 0.5) is 0 Å². The minimum absolute atomic E-state index is 0.515. The molecule has 0 N–H and O–H groups in total. The van der Waals surface area contributed by atoms with Crippen LogP contribution >= 0.6 is 10.7 Å². The van der Waals surface area contributed by atoms with Crippen molar-refractivity contribution in [1.82, 2.24) is 4.90 Å². The molecule has 1 rings (SSSR count). The van der Waals surface area contributed by atoms with Crippen LogP contribution in [0.25, 0.3) is 0 Å². The van der Waals surface area contributed by atoms with Crippen molar-refractivity contribution < 1.29 is 8.42 Å². The molecule has 0 radical (unpaired) electrons. The SMILES string of the molecule is CC(C)N1CCC(CC#CS(=O)(=O)Cl)CC1. The van der Waals surface area contributed by atoms with E-state index in [9.17, 15) is 8.42 Å². The average Bonchev–Trinajstić information content (AvgIpc) is 2.16. The van der Waals surface area contributed by atoms with E-state index in [1.165, 1.54) is 0 Å². The molecule has 0 aromatic carbocycles. The molecule has 1 aliphatic heterocycles. The highest BCUT2D eigenvalue weighted by atomic mass is 35.7. The third-order valence-electron chi connectivity index (χ3n) is 2.96. The zero-order valence-corrected chi connectivity index (χ0v) is 11.3. The molecule has 0 aliphatic carbocycles. The van der Waals surface area contributed by atoms with Crippen LogP contribution < -0.4 is 0 Å². The fourth-order valence-corrected chi connectivity index (χ4v) is 2.37. The van der Waals surface area contributed by atoms with Gasteiger partial charge in [-0.25, -0.2) is 0 Å². The largest absolute Gasteiger partial charge is 0.301 e. The first-order valence-corrected chi connectivity index (χ1v) is 7.87. The lowest BCUT2D eigenvalue weighted by atomic mass is 9.93. The molecule has 0 atom stereocenters. The van der Waals surface area contributed by atoms with E-state index in [4.69, 9.17) is 10.7 Å². The lowest BCUT2D eigenvalue weighted by Gasteiger charge is -2.33. The Morgan fingerprint density at radius 3 is 2.38 bits per heavy atom. The van der Waals surface area contributed by atoms with Gasteiger partial charge in [0.1, 0.15) is 0 Å². The Hall–Kier alpha value is -0.240. The quantitative estimate of drug-likeness (QED) is 0.565. The van der Waals surface area contributed by atoms with Gasteiger partial charge in [-0.3, -0.25) is 0 Å². The van der Waals surface area contributed by atoms with Gasteiger partial charge < -0.3 is 4.90 Å². The van der Waals surface area contributed by atoms with Crippen molar-refractivity contribution in [2.24, 2.45) is 5.92 Å². The normalized spacial score (nSPS) is 19.5. The molecule has 0 amide bonds. The second-order valence-corrected chi connectivity index (χ2v) is 6.79. The molecule has 1 aliphatic rings. The Balaban J connectivity index is 2.35. The first kappa shape index (κ1) is 13.8. The summed E-state index contributed by atoms with van der Waals surface area (Å²) in [5.41, 5.74) is 0. The lowest BCUT2D eigenvalue weighted by molar-refractivity contribution is 0.151. The summed E-state index contributed by atoms with van der Waals surface area (Å²) in [6.45, 7) is 6.55. The van der Waals surface area contributed by atoms with Crippen LogP contribution in [0.3, 0.4) is 0 Å². The van der Waals surface area contributed by atoms with Gasteiger partial charge in [-0.2, -0.15) is 8.42 Å². The van der Waals surface area contributed by atoms with Crippen LogP contribution in [-0.4, -0.2) is 32.4 Å². The molecule has 0 bridgehead atoms. The maximum Gasteiger partial charge on any atom is 0.300 e. The van der Waals surface area contributed by atoms with Gasteiger partial charge in [0.05, 0.1) is 0 Å². The summed E-state index contributed by atoms with van der Waals surface area (Å²) >= 11 is 0. The molecule has 1 fully saturated rings. The Morgan fingerprint density at radius 1 is 1.38 bits per heavy atom. The molecule has 1 heterocycles. The topological polar surface area (TPSA) is 37.4 Å². The van der Waals surface area contributed by atoms with Crippen molar-refractivity contribution in [2.45, 2.75) is 39.2 Å². The van der Waals surface area contributed by atoms with Crippen molar-refractivity contribution in [1.29, 1.82) is 0 Å². The van der Waals surface area contributed by atoms with E-state index in [2.05, 4.69) is 29.9 Å². The summed E-state index contributed by atoms with van der Waals surface area (Å²) in [6.07, 6.45) is 2.82. The summed E-state index contributed by atoms with van der Waals surface area (Å²) in [4.78, 5) is 2.43. The summed E-state index contributed by atoms with van der Waals surface area (Å²) in [6, 6.07) is 0.593. The van der Waals surface area contributed by atoms with Crippen LogP contribution in [0.5, 0.6) is 0 Å². The van der Waals surface area contributed by atoms with E-state index in [1.54, 1.807) is 0 Å². The molecule has 5 heteroatoms. The highest BCUT2D eigenvalue weighted by Gasteiger charge is 2.19. The van der Waals surface area contributed by atoms with E-state index >= 15 is 0 Å². The molecule has 0 aromatic rings. The fraction of sp³-hybridized carbons (Fsp3) is 0.818. The molecule has 16 heavy (non-hydrogen) atoms. The summed E-state index contributed by atoms with van der Waals surface area (Å²) in [5, 5.41) is 2.08. The number of hydrogen-bond acceptors (Lipinski definition) is 3. The fourth-order valence-electron chi connectivity index (χ4n) is 1.95. The zero-order valence-electron chi connectivity index (χ0n) is 9.74. The Labute approximate surface area is 103 Å². The van der Waals surface area contributed by atoms with Gasteiger partial charge in [0.15, 0.2) is 0 Å². The number of hydrogen-bond donors (Lipinski definition) is 0. The van der Waals surface area contributed by atoms with E-state index in [-0.39, 0.29) is 0 Å². The molecule has 0 aromatic heterocycles. The molecule has 0 unspecified atom stereocenters. The highest BCUT2D eigenvalue weighted by Crippen LogP contribution is 2.21. The van der Waals surface area contributed by atoms with Gasteiger partial charge in [-0.1, -0.05) is 5.92 Å². The van der Waals surface area contributed by atoms with Crippen LogP contribution in [0.2, 0.25) is 0 Å². The van der Waals surface area contributed by atoms with Crippen LogP contribution in [0.15, 0.2) is 0 Å². The first-order valence-electron chi connectivity index (χ1n) is 5.57. The third kappa shape index (κ3) is 5.20. The number of piperidine rings is 1. The highest BCUT2D eigenvalue weighted by molar-refractivity contribution is 8.17. The van der Waals surface area contributed by atoms with Gasteiger partial charge in [-0.05, 0) is 45.7 Å². The maximum absolute atomic E-state index is 10.6. The van der Waals surface area contributed by atoms with Crippen molar-refractivity contribution in [3.8, 4) is 11.2 Å². The van der Waals surface area contributed by atoms with Crippen molar-refractivity contribution >= 4 is 19.7 Å². The predicted molar refractivity (Wildman–Crippen MR) is 66.6 cm³/mol. The molecule has 0 saturated carbocycles. The number of likely N-dealkylation sites (tertiary alicyclic amines) is 1. The smallest absolute Gasteiger partial charge is 0.300 e. The van der Waals surface area contributed by atoms with Crippen LogP contribution in [-0.2, 0) is 9.05 Å². The van der Waals surface area contributed by atoms with Gasteiger partial charge in [0.2, 0.25) is 0 Å². The third-order valence-corrected chi connectivity index (χ3v) is 3.58. The minimum atomic E-state index is -3.65. The Morgan fingerprint density at radius 2 is 1.94 bits per heavy atom. The molecule has 92 valence electrons. The Kier molecular flexibility index (Phi) is 5.10. The van der Waals surface area contributed by atoms with E-state index in [1.807, 2.05) is 0 Å².